The minimum atomic E-state index is -0.613. The van der Waals surface area contributed by atoms with E-state index >= 15 is 0 Å². The molecule has 84 valence electrons. The molecular formula is C11H21IO2. The van der Waals surface area contributed by atoms with Crippen LogP contribution < -0.4 is 0 Å². The van der Waals surface area contributed by atoms with Gasteiger partial charge in [0.1, 0.15) is 0 Å². The highest BCUT2D eigenvalue weighted by Gasteiger charge is 2.16. The molecule has 2 unspecified atom stereocenters. The van der Waals surface area contributed by atoms with E-state index < -0.39 is 5.97 Å². The van der Waals surface area contributed by atoms with E-state index in [0.29, 0.717) is 3.92 Å². The first-order valence-corrected chi connectivity index (χ1v) is 6.69. The molecule has 0 aromatic heterocycles. The van der Waals surface area contributed by atoms with Crippen molar-refractivity contribution >= 4 is 28.6 Å². The molecule has 1 N–H and O–H groups in total. The highest BCUT2D eigenvalue weighted by atomic mass is 127. The summed E-state index contributed by atoms with van der Waals surface area (Å²) in [4.78, 5) is 10.9. The predicted octanol–water partition coefficient (Wildman–Crippen LogP) is 3.87. The second-order valence-electron chi connectivity index (χ2n) is 3.89. The van der Waals surface area contributed by atoms with Crippen LogP contribution in [0.1, 0.15) is 52.4 Å². The van der Waals surface area contributed by atoms with Gasteiger partial charge in [0.25, 0.3) is 0 Å². The lowest BCUT2D eigenvalue weighted by Crippen LogP contribution is -2.14. The molecule has 0 heterocycles. The Morgan fingerprint density at radius 3 is 2.36 bits per heavy atom. The fourth-order valence-electron chi connectivity index (χ4n) is 1.46. The number of halogens is 1. The van der Waals surface area contributed by atoms with Gasteiger partial charge in [0.2, 0.25) is 0 Å². The first-order valence-electron chi connectivity index (χ1n) is 5.44. The zero-order valence-corrected chi connectivity index (χ0v) is 11.3. The van der Waals surface area contributed by atoms with Crippen molar-refractivity contribution in [3.05, 3.63) is 0 Å². The Balaban J connectivity index is 3.72. The van der Waals surface area contributed by atoms with Crippen molar-refractivity contribution in [2.24, 2.45) is 5.92 Å². The SMILES string of the molecule is CCCCCC(CCC(C)I)C(=O)O. The number of unbranched alkanes of at least 4 members (excludes halogenated alkanes) is 2. The van der Waals surface area contributed by atoms with Crippen molar-refractivity contribution in [1.82, 2.24) is 0 Å². The van der Waals surface area contributed by atoms with Crippen LogP contribution in [0.5, 0.6) is 0 Å². The van der Waals surface area contributed by atoms with Crippen LogP contribution in [0.15, 0.2) is 0 Å². The zero-order chi connectivity index (χ0) is 11.0. The zero-order valence-electron chi connectivity index (χ0n) is 9.13. The lowest BCUT2D eigenvalue weighted by Gasteiger charge is -2.12. The molecule has 14 heavy (non-hydrogen) atoms. The van der Waals surface area contributed by atoms with Crippen LogP contribution in [0, 0.1) is 5.92 Å². The van der Waals surface area contributed by atoms with E-state index in [1.54, 1.807) is 0 Å². The van der Waals surface area contributed by atoms with E-state index in [9.17, 15) is 4.79 Å². The normalized spacial score (nSPS) is 15.1. The standard InChI is InChI=1S/C11H21IO2/c1-3-4-5-6-10(11(13)14)8-7-9(2)12/h9-10H,3-8H2,1-2H3,(H,13,14). The van der Waals surface area contributed by atoms with Gasteiger partial charge in [-0.1, -0.05) is 55.7 Å². The Morgan fingerprint density at radius 1 is 1.29 bits per heavy atom. The highest BCUT2D eigenvalue weighted by molar-refractivity contribution is 14.1. The smallest absolute Gasteiger partial charge is 0.306 e. The molecular weight excluding hydrogens is 291 g/mol. The number of carboxylic acids is 1. The van der Waals surface area contributed by atoms with Crippen LogP contribution in [0.2, 0.25) is 0 Å². The molecule has 0 aliphatic carbocycles. The number of carbonyl (C=O) groups is 1. The number of rotatable bonds is 8. The van der Waals surface area contributed by atoms with Crippen molar-refractivity contribution < 1.29 is 9.90 Å². The summed E-state index contributed by atoms with van der Waals surface area (Å²) in [6.45, 7) is 4.27. The molecule has 0 saturated heterocycles. The molecule has 2 atom stereocenters. The summed E-state index contributed by atoms with van der Waals surface area (Å²) in [5.74, 6) is -0.725. The summed E-state index contributed by atoms with van der Waals surface area (Å²) >= 11 is 2.35. The number of aliphatic carboxylic acids is 1. The third kappa shape index (κ3) is 7.59. The lowest BCUT2D eigenvalue weighted by molar-refractivity contribution is -0.142. The molecule has 0 saturated carbocycles. The first-order chi connectivity index (χ1) is 6.57. The van der Waals surface area contributed by atoms with Crippen LogP contribution in [-0.2, 0) is 4.79 Å². The van der Waals surface area contributed by atoms with Crippen molar-refractivity contribution in [3.8, 4) is 0 Å². The number of hydrogen-bond donors (Lipinski definition) is 1. The summed E-state index contributed by atoms with van der Waals surface area (Å²) in [5.41, 5.74) is 0. The van der Waals surface area contributed by atoms with Gasteiger partial charge in [-0.2, -0.15) is 0 Å². The van der Waals surface area contributed by atoms with Gasteiger partial charge in [-0.05, 0) is 19.3 Å². The molecule has 3 heteroatoms. The Labute approximate surface area is 101 Å². The van der Waals surface area contributed by atoms with Gasteiger partial charge < -0.3 is 5.11 Å². The van der Waals surface area contributed by atoms with Crippen molar-refractivity contribution in [2.45, 2.75) is 56.3 Å². The number of alkyl halides is 1. The van der Waals surface area contributed by atoms with Gasteiger partial charge >= 0.3 is 5.97 Å². The molecule has 0 aliphatic heterocycles. The summed E-state index contributed by atoms with van der Waals surface area (Å²) in [5, 5.41) is 8.98. The molecule has 0 spiro atoms. The number of hydrogen-bond acceptors (Lipinski definition) is 1. The largest absolute Gasteiger partial charge is 0.481 e. The molecule has 0 aromatic rings. The quantitative estimate of drug-likeness (QED) is 0.420. The second-order valence-corrected chi connectivity index (χ2v) is 6.02. The summed E-state index contributed by atoms with van der Waals surface area (Å²) in [6, 6.07) is 0. The average molecular weight is 312 g/mol. The predicted molar refractivity (Wildman–Crippen MR) is 68.0 cm³/mol. The van der Waals surface area contributed by atoms with Gasteiger partial charge in [-0.25, -0.2) is 0 Å². The molecule has 0 radical (unpaired) electrons. The van der Waals surface area contributed by atoms with Gasteiger partial charge in [-0.15, -0.1) is 0 Å². The van der Waals surface area contributed by atoms with Crippen LogP contribution in [-0.4, -0.2) is 15.0 Å². The monoisotopic (exact) mass is 312 g/mol. The Kier molecular flexibility index (Phi) is 8.63. The highest BCUT2D eigenvalue weighted by Crippen LogP contribution is 2.19. The van der Waals surface area contributed by atoms with Gasteiger partial charge in [-0.3, -0.25) is 4.79 Å². The van der Waals surface area contributed by atoms with Crippen molar-refractivity contribution in [3.63, 3.8) is 0 Å². The van der Waals surface area contributed by atoms with Gasteiger partial charge in [0.05, 0.1) is 5.92 Å². The van der Waals surface area contributed by atoms with Gasteiger partial charge in [0, 0.05) is 3.92 Å². The average Bonchev–Trinajstić information content (AvgIpc) is 2.10. The molecule has 0 aromatic carbocycles. The van der Waals surface area contributed by atoms with Crippen LogP contribution >= 0.6 is 22.6 Å². The van der Waals surface area contributed by atoms with Crippen LogP contribution in [0.4, 0.5) is 0 Å². The molecule has 0 amide bonds. The summed E-state index contributed by atoms with van der Waals surface area (Å²) in [7, 11) is 0. The fourth-order valence-corrected chi connectivity index (χ4v) is 1.82. The molecule has 0 aliphatic rings. The third-order valence-electron chi connectivity index (χ3n) is 2.42. The molecule has 0 rings (SSSR count). The Hall–Kier alpha value is 0.200. The van der Waals surface area contributed by atoms with Crippen LogP contribution in [0.3, 0.4) is 0 Å². The first kappa shape index (κ1) is 14.2. The van der Waals surface area contributed by atoms with Gasteiger partial charge in [0.15, 0.2) is 0 Å². The van der Waals surface area contributed by atoms with E-state index in [0.717, 1.165) is 38.5 Å². The Bertz CT molecular complexity index is 157. The van der Waals surface area contributed by atoms with Crippen LogP contribution in [0.25, 0.3) is 0 Å². The lowest BCUT2D eigenvalue weighted by atomic mass is 9.96. The van der Waals surface area contributed by atoms with Crippen molar-refractivity contribution in [1.29, 1.82) is 0 Å². The molecule has 0 bridgehead atoms. The van der Waals surface area contributed by atoms with E-state index in [2.05, 4.69) is 36.4 Å². The minimum absolute atomic E-state index is 0.112. The summed E-state index contributed by atoms with van der Waals surface area (Å²) < 4.78 is 0.584. The van der Waals surface area contributed by atoms with Crippen molar-refractivity contribution in [2.75, 3.05) is 0 Å². The van der Waals surface area contributed by atoms with E-state index in [1.807, 2.05) is 0 Å². The fraction of sp³-hybridized carbons (Fsp3) is 0.909. The van der Waals surface area contributed by atoms with E-state index in [4.69, 9.17) is 5.11 Å². The van der Waals surface area contributed by atoms with E-state index in [1.165, 1.54) is 0 Å². The second kappa shape index (κ2) is 8.50. The maximum absolute atomic E-state index is 10.9. The molecule has 2 nitrogen and oxygen atoms in total. The number of carboxylic acid groups (broad SMARTS) is 1. The molecule has 0 fully saturated rings. The topological polar surface area (TPSA) is 37.3 Å². The summed E-state index contributed by atoms with van der Waals surface area (Å²) in [6.07, 6.45) is 6.08. The maximum Gasteiger partial charge on any atom is 0.306 e. The maximum atomic E-state index is 10.9. The Morgan fingerprint density at radius 2 is 1.93 bits per heavy atom. The third-order valence-corrected chi connectivity index (χ3v) is 3.04. The minimum Gasteiger partial charge on any atom is -0.481 e. The van der Waals surface area contributed by atoms with E-state index in [-0.39, 0.29) is 5.92 Å².